The molecule has 3 heterocycles. The molecule has 0 aliphatic carbocycles. The molecule has 0 amide bonds. The van der Waals surface area contributed by atoms with Crippen molar-refractivity contribution >= 4 is 26.8 Å². The van der Waals surface area contributed by atoms with Crippen molar-refractivity contribution in [3.05, 3.63) is 72.4 Å². The van der Waals surface area contributed by atoms with E-state index >= 15 is 0 Å². The van der Waals surface area contributed by atoms with Crippen LogP contribution >= 0.6 is 0 Å². The van der Waals surface area contributed by atoms with Crippen molar-refractivity contribution in [2.75, 3.05) is 38.8 Å². The summed E-state index contributed by atoms with van der Waals surface area (Å²) < 4.78 is 48.3. The summed E-state index contributed by atoms with van der Waals surface area (Å²) in [5.74, 6) is 2.14. The molecule has 41 heavy (non-hydrogen) atoms. The first-order valence-corrected chi connectivity index (χ1v) is 15.2. The molecule has 2 aromatic carbocycles. The van der Waals surface area contributed by atoms with Gasteiger partial charge in [0.2, 0.25) is 0 Å². The van der Waals surface area contributed by atoms with Crippen LogP contribution in [0.15, 0.2) is 71.8 Å². The van der Waals surface area contributed by atoms with Crippen LogP contribution < -0.4 is 14.4 Å². The largest absolute Gasteiger partial charge is 0.493 e. The molecule has 10 heteroatoms. The van der Waals surface area contributed by atoms with Crippen molar-refractivity contribution in [1.82, 2.24) is 9.97 Å². The number of pyridine rings is 2. The lowest BCUT2D eigenvalue weighted by atomic mass is 10.1. The Hall–Kier alpha value is -3.73. The van der Waals surface area contributed by atoms with E-state index in [9.17, 15) is 8.42 Å². The highest BCUT2D eigenvalue weighted by molar-refractivity contribution is 7.86. The second-order valence-corrected chi connectivity index (χ2v) is 11.7. The molecule has 5 rings (SSSR count). The van der Waals surface area contributed by atoms with E-state index in [0.717, 1.165) is 46.6 Å². The number of anilines is 1. The highest BCUT2D eigenvalue weighted by Gasteiger charge is 2.26. The Balaban J connectivity index is 1.14. The van der Waals surface area contributed by atoms with Crippen molar-refractivity contribution < 1.29 is 26.8 Å². The molecule has 0 saturated carbocycles. The average Bonchev–Trinajstić information content (AvgIpc) is 2.97. The lowest BCUT2D eigenvalue weighted by Crippen LogP contribution is -2.25. The van der Waals surface area contributed by atoms with Crippen molar-refractivity contribution in [2.45, 2.75) is 43.8 Å². The molecule has 0 N–H and O–H groups in total. The Morgan fingerprint density at radius 2 is 1.85 bits per heavy atom. The van der Waals surface area contributed by atoms with Gasteiger partial charge in [-0.15, -0.1) is 0 Å². The summed E-state index contributed by atoms with van der Waals surface area (Å²) in [6.45, 7) is 3.04. The lowest BCUT2D eigenvalue weighted by Gasteiger charge is -2.22. The molecule has 1 atom stereocenters. The minimum absolute atomic E-state index is 0.0928. The molecule has 0 radical (unpaired) electrons. The molecule has 216 valence electrons. The van der Waals surface area contributed by atoms with Gasteiger partial charge in [0.05, 0.1) is 24.4 Å². The zero-order chi connectivity index (χ0) is 28.8. The first-order chi connectivity index (χ1) is 19.8. The van der Waals surface area contributed by atoms with E-state index in [4.69, 9.17) is 23.4 Å². The fraction of sp³-hybridized carbons (Fsp3) is 0.355. The third-order valence-electron chi connectivity index (χ3n) is 6.85. The molecule has 2 aromatic heterocycles. The van der Waals surface area contributed by atoms with Gasteiger partial charge in [0.15, 0.2) is 6.29 Å². The van der Waals surface area contributed by atoms with Crippen molar-refractivity contribution in [3.8, 4) is 22.8 Å². The summed E-state index contributed by atoms with van der Waals surface area (Å²) in [5, 5.41) is 0.981. The monoisotopic (exact) mass is 577 g/mol. The van der Waals surface area contributed by atoms with Gasteiger partial charge in [0, 0.05) is 49.8 Å². The van der Waals surface area contributed by atoms with Crippen LogP contribution in [0.5, 0.6) is 11.5 Å². The van der Waals surface area contributed by atoms with Gasteiger partial charge >= 0.3 is 0 Å². The van der Waals surface area contributed by atoms with Crippen molar-refractivity contribution in [2.24, 2.45) is 0 Å². The lowest BCUT2D eigenvalue weighted by molar-refractivity contribution is -0.102. The highest BCUT2D eigenvalue weighted by atomic mass is 32.2. The number of hydrogen-bond acceptors (Lipinski definition) is 9. The summed E-state index contributed by atoms with van der Waals surface area (Å²) >= 11 is 0. The zero-order valence-electron chi connectivity index (χ0n) is 23.6. The predicted octanol–water partition coefficient (Wildman–Crippen LogP) is 5.75. The molecule has 1 saturated heterocycles. The van der Waals surface area contributed by atoms with Crippen LogP contribution in [-0.4, -0.2) is 58.6 Å². The summed E-state index contributed by atoms with van der Waals surface area (Å²) in [7, 11) is -0.0441. The number of nitrogens with zero attached hydrogens (tertiary/aromatic N) is 3. The summed E-state index contributed by atoms with van der Waals surface area (Å²) in [6.07, 6.45) is 4.07. The molecule has 1 aliphatic rings. The fourth-order valence-corrected chi connectivity index (χ4v) is 5.85. The maximum absolute atomic E-state index is 12.8. The van der Waals surface area contributed by atoms with E-state index in [1.807, 2.05) is 67.7 Å². The molecule has 9 nitrogen and oxygen atoms in total. The third-order valence-corrected chi connectivity index (χ3v) is 8.30. The molecule has 1 aliphatic heterocycles. The van der Waals surface area contributed by atoms with Crippen LogP contribution in [0.4, 0.5) is 5.82 Å². The van der Waals surface area contributed by atoms with Gasteiger partial charge in [0.1, 0.15) is 22.2 Å². The fourth-order valence-electron chi connectivity index (χ4n) is 4.59. The highest BCUT2D eigenvalue weighted by Crippen LogP contribution is 2.29. The Bertz CT molecular complexity index is 1590. The van der Waals surface area contributed by atoms with E-state index in [1.165, 1.54) is 6.07 Å². The second-order valence-electron chi connectivity index (χ2n) is 10.1. The minimum Gasteiger partial charge on any atom is -0.493 e. The Kier molecular flexibility index (Phi) is 9.02. The van der Waals surface area contributed by atoms with Gasteiger partial charge in [-0.25, -0.2) is 14.2 Å². The number of aromatic nitrogens is 2. The van der Waals surface area contributed by atoms with Gasteiger partial charge < -0.3 is 19.1 Å². The number of benzene rings is 2. The first kappa shape index (κ1) is 28.8. The van der Waals surface area contributed by atoms with Crippen LogP contribution in [0.1, 0.15) is 31.2 Å². The number of fused-ring (bicyclic) bond motifs is 1. The van der Waals surface area contributed by atoms with Gasteiger partial charge in [-0.1, -0.05) is 12.1 Å². The first-order valence-electron chi connectivity index (χ1n) is 13.7. The van der Waals surface area contributed by atoms with E-state index in [2.05, 4.69) is 4.98 Å². The van der Waals surface area contributed by atoms with Gasteiger partial charge in [-0.2, -0.15) is 8.42 Å². The molecule has 1 unspecified atom stereocenters. The van der Waals surface area contributed by atoms with Crippen LogP contribution in [0.3, 0.4) is 0 Å². The second kappa shape index (κ2) is 12.8. The van der Waals surface area contributed by atoms with E-state index in [0.29, 0.717) is 44.0 Å². The van der Waals surface area contributed by atoms with Crippen LogP contribution in [-0.2, 0) is 19.0 Å². The maximum atomic E-state index is 12.8. The smallest absolute Gasteiger partial charge is 0.299 e. The summed E-state index contributed by atoms with van der Waals surface area (Å²) in [5.41, 5.74) is 3.21. The quantitative estimate of drug-likeness (QED) is 0.163. The van der Waals surface area contributed by atoms with E-state index in [-0.39, 0.29) is 4.90 Å². The Morgan fingerprint density at radius 1 is 1.00 bits per heavy atom. The van der Waals surface area contributed by atoms with Gasteiger partial charge in [-0.3, -0.25) is 0 Å². The number of hydrogen-bond donors (Lipinski definition) is 0. The minimum atomic E-state index is -3.97. The van der Waals surface area contributed by atoms with E-state index in [1.54, 1.807) is 19.1 Å². The predicted molar refractivity (Wildman–Crippen MR) is 158 cm³/mol. The molecule has 0 spiro atoms. The standard InChI is InChI=1S/C31H35N3O6S/c1-22-28(8-6-9-29(22)41(35,36)40-31-10-4-5-17-39-31)38-19-7-18-37-25-13-15-26-23(20-25)11-14-27(33-26)24-12-16-30(32-21-24)34(2)3/h6,8-9,11-16,20-21,31H,4-5,7,10,17-19H2,1-3H3. The molecule has 4 aromatic rings. The summed E-state index contributed by atoms with van der Waals surface area (Å²) in [6, 6.07) is 18.8. The molecule has 1 fully saturated rings. The SMILES string of the molecule is Cc1c(OCCCOc2ccc3nc(-c4ccc(N(C)C)nc4)ccc3c2)cccc1S(=O)(=O)OC1CCCCO1. The average molecular weight is 578 g/mol. The molecule has 0 bridgehead atoms. The van der Waals surface area contributed by atoms with Crippen LogP contribution in [0.2, 0.25) is 0 Å². The Labute approximate surface area is 241 Å². The molecular weight excluding hydrogens is 542 g/mol. The molecular formula is C31H35N3O6S. The normalized spacial score (nSPS) is 15.5. The third kappa shape index (κ3) is 7.13. The van der Waals surface area contributed by atoms with Crippen molar-refractivity contribution in [3.63, 3.8) is 0 Å². The number of rotatable bonds is 11. The van der Waals surface area contributed by atoms with Gasteiger partial charge in [0.25, 0.3) is 10.1 Å². The van der Waals surface area contributed by atoms with E-state index < -0.39 is 16.4 Å². The number of ether oxygens (including phenoxy) is 3. The maximum Gasteiger partial charge on any atom is 0.299 e. The summed E-state index contributed by atoms with van der Waals surface area (Å²) in [4.78, 5) is 11.3. The zero-order valence-corrected chi connectivity index (χ0v) is 24.4. The Morgan fingerprint density at radius 3 is 2.61 bits per heavy atom. The topological polar surface area (TPSA) is 100 Å². The van der Waals surface area contributed by atoms with Gasteiger partial charge in [-0.05, 0) is 74.7 Å². The van der Waals surface area contributed by atoms with Crippen molar-refractivity contribution in [1.29, 1.82) is 0 Å². The van der Waals surface area contributed by atoms with Crippen LogP contribution in [0, 0.1) is 6.92 Å². The van der Waals surface area contributed by atoms with Crippen LogP contribution in [0.25, 0.3) is 22.2 Å².